The minimum atomic E-state index is -0.278. The second-order valence-corrected chi connectivity index (χ2v) is 9.99. The van der Waals surface area contributed by atoms with Crippen molar-refractivity contribution in [1.82, 2.24) is 4.57 Å². The van der Waals surface area contributed by atoms with E-state index in [9.17, 15) is 9.18 Å². The van der Waals surface area contributed by atoms with Crippen LogP contribution in [0.3, 0.4) is 0 Å². The largest absolute Gasteiger partial charge is 0.466 e. The third-order valence-corrected chi connectivity index (χ3v) is 6.91. The number of esters is 1. The summed E-state index contributed by atoms with van der Waals surface area (Å²) in [5.41, 5.74) is 4.71. The van der Waals surface area contributed by atoms with E-state index in [-0.39, 0.29) is 17.8 Å². The number of aromatic nitrogens is 1. The number of unbranched alkanes of at least 4 members (excludes halogenated alkanes) is 8. The van der Waals surface area contributed by atoms with Crippen molar-refractivity contribution in [3.05, 3.63) is 65.6 Å². The standard InChI is InChI=1S/C32H42FNO2/c1-5-6-7-8-9-10-11-12-13-16-26(32(35)36-4)23-30-31(25-19-21-27(33)22-20-25)28-17-14-15-18-29(28)34(30)24(2)3/h14-15,17-24H,5-13,16H2,1-4H3/b26-23+. The highest BCUT2D eigenvalue weighted by molar-refractivity contribution is 6.03. The summed E-state index contributed by atoms with van der Waals surface area (Å²) >= 11 is 0. The molecular formula is C32H42FNO2. The van der Waals surface area contributed by atoms with Gasteiger partial charge in [0.15, 0.2) is 0 Å². The summed E-state index contributed by atoms with van der Waals surface area (Å²) in [4.78, 5) is 12.8. The molecule has 0 aliphatic carbocycles. The zero-order chi connectivity index (χ0) is 25.9. The Balaban J connectivity index is 1.90. The predicted octanol–water partition coefficient (Wildman–Crippen LogP) is 9.51. The maximum absolute atomic E-state index is 13.7. The van der Waals surface area contributed by atoms with Crippen LogP contribution in [-0.2, 0) is 9.53 Å². The van der Waals surface area contributed by atoms with Crippen LogP contribution in [0, 0.1) is 5.82 Å². The molecule has 0 atom stereocenters. The summed E-state index contributed by atoms with van der Waals surface area (Å²) < 4.78 is 21.2. The van der Waals surface area contributed by atoms with E-state index in [1.165, 1.54) is 64.2 Å². The summed E-state index contributed by atoms with van der Waals surface area (Å²) in [5.74, 6) is -0.538. The lowest BCUT2D eigenvalue weighted by Crippen LogP contribution is -2.08. The van der Waals surface area contributed by atoms with E-state index >= 15 is 0 Å². The Morgan fingerprint density at radius 1 is 0.917 bits per heavy atom. The minimum Gasteiger partial charge on any atom is -0.466 e. The van der Waals surface area contributed by atoms with Crippen LogP contribution in [0.5, 0.6) is 0 Å². The Morgan fingerprint density at radius 2 is 1.53 bits per heavy atom. The molecule has 0 amide bonds. The zero-order valence-corrected chi connectivity index (χ0v) is 22.5. The van der Waals surface area contributed by atoms with E-state index < -0.39 is 0 Å². The van der Waals surface area contributed by atoms with Gasteiger partial charge in [0.2, 0.25) is 0 Å². The number of benzene rings is 2. The molecule has 1 heterocycles. The fourth-order valence-electron chi connectivity index (χ4n) is 5.06. The molecule has 0 fully saturated rings. The molecule has 3 rings (SSSR count). The topological polar surface area (TPSA) is 31.2 Å². The molecule has 0 bridgehead atoms. The smallest absolute Gasteiger partial charge is 0.333 e. The van der Waals surface area contributed by atoms with Crippen molar-refractivity contribution < 1.29 is 13.9 Å². The first-order valence-electron chi connectivity index (χ1n) is 13.7. The van der Waals surface area contributed by atoms with E-state index in [2.05, 4.69) is 37.5 Å². The number of nitrogens with zero attached hydrogens (tertiary/aromatic N) is 1. The van der Waals surface area contributed by atoms with Gasteiger partial charge in [-0.25, -0.2) is 9.18 Å². The van der Waals surface area contributed by atoms with Crippen LogP contribution < -0.4 is 0 Å². The summed E-state index contributed by atoms with van der Waals surface area (Å²) in [6, 6.07) is 15.1. The molecule has 0 radical (unpaired) electrons. The Hall–Kier alpha value is -2.88. The number of halogens is 1. The maximum Gasteiger partial charge on any atom is 0.333 e. The Bertz CT molecular complexity index is 1140. The number of carbonyl (C=O) groups is 1. The second-order valence-electron chi connectivity index (χ2n) is 9.99. The molecule has 2 aromatic carbocycles. The highest BCUT2D eigenvalue weighted by Crippen LogP contribution is 2.38. The van der Waals surface area contributed by atoms with Gasteiger partial charge in [-0.3, -0.25) is 0 Å². The molecule has 0 saturated carbocycles. The van der Waals surface area contributed by atoms with Gasteiger partial charge < -0.3 is 9.30 Å². The fraction of sp³-hybridized carbons (Fsp3) is 0.469. The van der Waals surface area contributed by atoms with Crippen molar-refractivity contribution in [2.24, 2.45) is 0 Å². The quantitative estimate of drug-likeness (QED) is 0.128. The molecule has 0 aliphatic rings. The Kier molecular flexibility index (Phi) is 10.8. The number of para-hydroxylation sites is 1. The van der Waals surface area contributed by atoms with Crippen molar-refractivity contribution in [1.29, 1.82) is 0 Å². The fourth-order valence-corrected chi connectivity index (χ4v) is 5.06. The van der Waals surface area contributed by atoms with Crippen LogP contribution in [0.25, 0.3) is 28.1 Å². The molecule has 0 N–H and O–H groups in total. The van der Waals surface area contributed by atoms with Gasteiger partial charge >= 0.3 is 5.97 Å². The highest BCUT2D eigenvalue weighted by Gasteiger charge is 2.21. The minimum absolute atomic E-state index is 0.182. The Morgan fingerprint density at radius 3 is 2.14 bits per heavy atom. The van der Waals surface area contributed by atoms with E-state index in [4.69, 9.17) is 4.74 Å². The molecule has 3 aromatic rings. The lowest BCUT2D eigenvalue weighted by molar-refractivity contribution is -0.136. The number of fused-ring (bicyclic) bond motifs is 1. The molecule has 4 heteroatoms. The number of carbonyl (C=O) groups excluding carboxylic acids is 1. The van der Waals surface area contributed by atoms with Crippen LogP contribution in [0.4, 0.5) is 4.39 Å². The third kappa shape index (κ3) is 7.09. The summed E-state index contributed by atoms with van der Waals surface area (Å²) in [7, 11) is 1.45. The van der Waals surface area contributed by atoms with Gasteiger partial charge in [0, 0.05) is 28.1 Å². The summed E-state index contributed by atoms with van der Waals surface area (Å²) in [5, 5.41) is 1.09. The van der Waals surface area contributed by atoms with Gasteiger partial charge in [0.1, 0.15) is 5.82 Å². The van der Waals surface area contributed by atoms with Crippen LogP contribution >= 0.6 is 0 Å². The van der Waals surface area contributed by atoms with Crippen molar-refractivity contribution >= 4 is 22.9 Å². The first-order valence-corrected chi connectivity index (χ1v) is 13.7. The van der Waals surface area contributed by atoms with Gasteiger partial charge in [-0.2, -0.15) is 0 Å². The summed E-state index contributed by atoms with van der Waals surface area (Å²) in [6.07, 6.45) is 13.8. The van der Waals surface area contributed by atoms with E-state index in [1.54, 1.807) is 0 Å². The number of ether oxygens (including phenoxy) is 1. The molecule has 194 valence electrons. The first-order chi connectivity index (χ1) is 17.5. The van der Waals surface area contributed by atoms with Gasteiger partial charge in [-0.05, 0) is 56.5 Å². The number of hydrogen-bond donors (Lipinski definition) is 0. The SMILES string of the molecule is CCCCCCCCCCC/C(=C\c1c(-c2ccc(F)cc2)c2ccccc2n1C(C)C)C(=O)OC. The van der Waals surface area contributed by atoms with Crippen LogP contribution in [0.1, 0.15) is 96.7 Å². The third-order valence-electron chi connectivity index (χ3n) is 6.91. The van der Waals surface area contributed by atoms with E-state index in [0.717, 1.165) is 40.6 Å². The average Bonchev–Trinajstić information content (AvgIpc) is 3.21. The lowest BCUT2D eigenvalue weighted by atomic mass is 9.99. The monoisotopic (exact) mass is 491 g/mol. The second kappa shape index (κ2) is 14.0. The number of hydrogen-bond acceptors (Lipinski definition) is 2. The Labute approximate surface area is 216 Å². The molecule has 0 spiro atoms. The lowest BCUT2D eigenvalue weighted by Gasteiger charge is -2.15. The number of methoxy groups -OCH3 is 1. The van der Waals surface area contributed by atoms with Crippen LogP contribution in [0.15, 0.2) is 54.1 Å². The molecule has 0 saturated heterocycles. The van der Waals surface area contributed by atoms with Gasteiger partial charge in [0.25, 0.3) is 0 Å². The van der Waals surface area contributed by atoms with Crippen LogP contribution in [-0.4, -0.2) is 17.6 Å². The molecule has 1 aromatic heterocycles. The van der Waals surface area contributed by atoms with Gasteiger partial charge in [-0.15, -0.1) is 0 Å². The highest BCUT2D eigenvalue weighted by atomic mass is 19.1. The van der Waals surface area contributed by atoms with Gasteiger partial charge in [-0.1, -0.05) is 88.6 Å². The maximum atomic E-state index is 13.7. The summed E-state index contributed by atoms with van der Waals surface area (Å²) in [6.45, 7) is 6.54. The molecule has 36 heavy (non-hydrogen) atoms. The van der Waals surface area contributed by atoms with Crippen molar-refractivity contribution in [3.63, 3.8) is 0 Å². The van der Waals surface area contributed by atoms with Crippen molar-refractivity contribution in [2.45, 2.75) is 91.0 Å². The zero-order valence-electron chi connectivity index (χ0n) is 22.5. The first kappa shape index (κ1) is 27.7. The van der Waals surface area contributed by atoms with E-state index in [0.29, 0.717) is 12.0 Å². The average molecular weight is 492 g/mol. The molecular weight excluding hydrogens is 449 g/mol. The van der Waals surface area contributed by atoms with Crippen LogP contribution in [0.2, 0.25) is 0 Å². The predicted molar refractivity (Wildman–Crippen MR) is 150 cm³/mol. The van der Waals surface area contributed by atoms with Crippen molar-refractivity contribution in [2.75, 3.05) is 7.11 Å². The molecule has 0 aliphatic heterocycles. The molecule has 3 nitrogen and oxygen atoms in total. The van der Waals surface area contributed by atoms with Crippen molar-refractivity contribution in [3.8, 4) is 11.1 Å². The molecule has 0 unspecified atom stereocenters. The van der Waals surface area contributed by atoms with E-state index in [1.807, 2.05) is 30.3 Å². The normalized spacial score (nSPS) is 12.0. The van der Waals surface area contributed by atoms with Gasteiger partial charge in [0.05, 0.1) is 12.8 Å². The number of rotatable bonds is 14.